The van der Waals surface area contributed by atoms with Crippen molar-refractivity contribution in [2.45, 2.75) is 66.3 Å². The lowest BCUT2D eigenvalue weighted by Crippen LogP contribution is -2.49. The number of piperazine rings is 1. The van der Waals surface area contributed by atoms with Gasteiger partial charge in [-0.25, -0.2) is 19.7 Å². The fourth-order valence-electron chi connectivity index (χ4n) is 10.6. The third-order valence-corrected chi connectivity index (χ3v) is 14.1. The topological polar surface area (TPSA) is 139 Å². The van der Waals surface area contributed by atoms with Gasteiger partial charge in [-0.05, 0) is 117 Å². The summed E-state index contributed by atoms with van der Waals surface area (Å²) < 4.78 is 2.40. The summed E-state index contributed by atoms with van der Waals surface area (Å²) in [6.07, 6.45) is 10.1. The number of carbonyl (C=O) groups is 3. The Morgan fingerprint density at radius 3 is 2.39 bits per heavy atom. The number of rotatable bonds is 15. The van der Waals surface area contributed by atoms with E-state index in [0.29, 0.717) is 25.4 Å². The maximum absolute atomic E-state index is 12.6. The lowest BCUT2D eigenvalue weighted by Gasteiger charge is -2.39. The van der Waals surface area contributed by atoms with Crippen LogP contribution in [0.2, 0.25) is 0 Å². The minimum atomic E-state index is -0.215. The molecule has 0 atom stereocenters. The molecule has 0 unspecified atom stereocenters. The summed E-state index contributed by atoms with van der Waals surface area (Å²) in [5.74, 6) is 1.65. The highest BCUT2D eigenvalue weighted by molar-refractivity contribution is 5.96. The van der Waals surface area contributed by atoms with Crippen LogP contribution in [-0.4, -0.2) is 114 Å². The van der Waals surface area contributed by atoms with E-state index in [1.165, 1.54) is 22.6 Å². The number of amides is 3. The van der Waals surface area contributed by atoms with Crippen LogP contribution in [0.3, 0.4) is 0 Å². The summed E-state index contributed by atoms with van der Waals surface area (Å²) in [5.41, 5.74) is 12.7. The predicted molar refractivity (Wildman–Crippen MR) is 264 cm³/mol. The van der Waals surface area contributed by atoms with E-state index in [0.717, 1.165) is 147 Å². The highest BCUT2D eigenvalue weighted by Crippen LogP contribution is 2.39. The van der Waals surface area contributed by atoms with E-state index < -0.39 is 0 Å². The predicted octanol–water partition coefficient (Wildman–Crippen LogP) is 7.67. The van der Waals surface area contributed by atoms with Gasteiger partial charge in [0.25, 0.3) is 0 Å². The van der Waals surface area contributed by atoms with Crippen LogP contribution in [0, 0.1) is 25.2 Å². The van der Waals surface area contributed by atoms with Crippen molar-refractivity contribution in [3.05, 3.63) is 102 Å². The Bertz CT molecular complexity index is 2670. The molecule has 0 spiro atoms. The maximum Gasteiger partial charge on any atom is 0.321 e. The molecule has 2 aliphatic heterocycles. The van der Waals surface area contributed by atoms with Crippen molar-refractivity contribution in [2.75, 3.05) is 85.6 Å². The summed E-state index contributed by atoms with van der Waals surface area (Å²) in [6.45, 7) is 17.6. The van der Waals surface area contributed by atoms with Gasteiger partial charge in [0.2, 0.25) is 6.41 Å². The SMILES string of the molecule is CNC(=O)N(CCC=O)c1ccc(N2CCC(CN3CCN(c4ccc(-c5cc6c(-c7cccc(N(C=O)CCn8c(C)cc9c8CC(C)(C)C9)c7C)ncnc6[nH]5)cn4)CC3)CC2)cc1. The summed E-state index contributed by atoms with van der Waals surface area (Å²) in [6, 6.07) is 22.7. The average Bonchev–Trinajstić information content (AvgIpc) is 3.99. The minimum Gasteiger partial charge on any atom is -0.372 e. The van der Waals surface area contributed by atoms with Gasteiger partial charge in [0.05, 0.1) is 5.69 Å². The second kappa shape index (κ2) is 19.1. The normalized spacial score (nSPS) is 16.4. The first-order chi connectivity index (χ1) is 32.0. The molecular formula is C52H63N11O3. The van der Waals surface area contributed by atoms with Gasteiger partial charge in [-0.1, -0.05) is 26.0 Å². The third kappa shape index (κ3) is 9.28. The van der Waals surface area contributed by atoms with Crippen molar-refractivity contribution >= 4 is 52.6 Å². The molecule has 6 aromatic rings. The number of urea groups is 1. The molecule has 3 aliphatic rings. The number of anilines is 4. The summed E-state index contributed by atoms with van der Waals surface area (Å²) in [4.78, 5) is 64.7. The van der Waals surface area contributed by atoms with Crippen molar-refractivity contribution in [1.29, 1.82) is 0 Å². The molecule has 2 saturated heterocycles. The summed E-state index contributed by atoms with van der Waals surface area (Å²) in [7, 11) is 1.61. The van der Waals surface area contributed by atoms with Gasteiger partial charge in [-0.2, -0.15) is 0 Å². The molecule has 6 heterocycles. The van der Waals surface area contributed by atoms with Gasteiger partial charge in [0, 0.05) is 136 Å². The number of aromatic nitrogens is 5. The van der Waals surface area contributed by atoms with Crippen molar-refractivity contribution in [3.63, 3.8) is 0 Å². The van der Waals surface area contributed by atoms with Crippen LogP contribution in [-0.2, 0) is 29.0 Å². The van der Waals surface area contributed by atoms with E-state index in [-0.39, 0.29) is 11.4 Å². The molecule has 14 heteroatoms. The Hall–Kier alpha value is -6.54. The van der Waals surface area contributed by atoms with Gasteiger partial charge < -0.3 is 34.4 Å². The molecule has 0 bridgehead atoms. The Morgan fingerprint density at radius 2 is 1.68 bits per heavy atom. The van der Waals surface area contributed by atoms with Gasteiger partial charge in [-0.3, -0.25) is 14.6 Å². The van der Waals surface area contributed by atoms with Crippen LogP contribution >= 0.6 is 0 Å². The molecule has 3 amide bonds. The molecule has 0 saturated carbocycles. The number of aromatic amines is 1. The zero-order valence-corrected chi connectivity index (χ0v) is 39.1. The van der Waals surface area contributed by atoms with Crippen molar-refractivity contribution in [2.24, 2.45) is 11.3 Å². The summed E-state index contributed by atoms with van der Waals surface area (Å²) in [5, 5.41) is 3.59. The molecule has 66 heavy (non-hydrogen) atoms. The Balaban J connectivity index is 0.791. The highest BCUT2D eigenvalue weighted by atomic mass is 16.2. The highest BCUT2D eigenvalue weighted by Gasteiger charge is 2.32. The number of hydrogen-bond acceptors (Lipinski definition) is 9. The number of H-pyrrole nitrogens is 1. The van der Waals surface area contributed by atoms with Crippen molar-refractivity contribution in [3.8, 4) is 22.5 Å². The second-order valence-electron chi connectivity index (χ2n) is 19.1. The molecule has 9 rings (SSSR count). The monoisotopic (exact) mass is 890 g/mol. The molecule has 2 fully saturated rings. The van der Waals surface area contributed by atoms with Crippen LogP contribution < -0.4 is 24.9 Å². The van der Waals surface area contributed by atoms with Crippen LogP contribution in [0.15, 0.2) is 79.3 Å². The first kappa shape index (κ1) is 44.7. The molecule has 0 radical (unpaired) electrons. The molecule has 2 N–H and O–H groups in total. The Labute approximate surface area is 388 Å². The fraction of sp³-hybridized carbons (Fsp3) is 0.423. The fourth-order valence-corrected chi connectivity index (χ4v) is 10.6. The standard InChI is InChI=1S/C52H63N11O3/c1-36-28-40-30-52(3,4)31-47(40)62(36)26-25-61(35-65)46-9-6-8-43(37(46)2)49-44-29-45(57-50(44)56-34-55-49)39-10-15-48(54-32-39)60-23-21-58(22-24-60)33-38-16-19-59(20-17-38)41-11-13-42(14-12-41)63(18-7-27-64)51(66)53-5/h6,8-15,27-29,32,34-35,38H,7,16-26,30-31,33H2,1-5H3,(H,53,66)(H,55,56,57). The zero-order chi connectivity index (χ0) is 46.0. The van der Waals surface area contributed by atoms with Gasteiger partial charge in [0.1, 0.15) is 24.1 Å². The lowest BCUT2D eigenvalue weighted by molar-refractivity contribution is -0.108. The minimum absolute atomic E-state index is 0.215. The lowest BCUT2D eigenvalue weighted by atomic mass is 9.90. The smallest absolute Gasteiger partial charge is 0.321 e. The number of piperidine rings is 1. The first-order valence-corrected chi connectivity index (χ1v) is 23.6. The summed E-state index contributed by atoms with van der Waals surface area (Å²) >= 11 is 0. The number of carbonyl (C=O) groups excluding carboxylic acids is 3. The van der Waals surface area contributed by atoms with Crippen LogP contribution in [0.5, 0.6) is 0 Å². The average molecular weight is 890 g/mol. The molecular weight excluding hydrogens is 827 g/mol. The van der Waals surface area contributed by atoms with Crippen molar-refractivity contribution < 1.29 is 14.4 Å². The van der Waals surface area contributed by atoms with Crippen molar-refractivity contribution in [1.82, 2.24) is 34.7 Å². The van der Waals surface area contributed by atoms with Crippen LogP contribution in [0.4, 0.5) is 27.7 Å². The number of aryl methyl sites for hydroxylation is 1. The van der Waals surface area contributed by atoms with E-state index >= 15 is 0 Å². The van der Waals surface area contributed by atoms with Crippen LogP contribution in [0.1, 0.15) is 55.6 Å². The largest absolute Gasteiger partial charge is 0.372 e. The Kier molecular flexibility index (Phi) is 12.9. The van der Waals surface area contributed by atoms with Crippen LogP contribution in [0.25, 0.3) is 33.5 Å². The van der Waals surface area contributed by atoms with E-state index in [1.54, 1.807) is 18.3 Å². The Morgan fingerprint density at radius 1 is 0.894 bits per heavy atom. The van der Waals surface area contributed by atoms with Gasteiger partial charge in [0.15, 0.2) is 0 Å². The number of hydrogen-bond donors (Lipinski definition) is 2. The number of benzene rings is 2. The maximum atomic E-state index is 12.6. The number of fused-ring (bicyclic) bond motifs is 2. The van der Waals surface area contributed by atoms with Gasteiger partial charge in [-0.15, -0.1) is 0 Å². The first-order valence-electron chi connectivity index (χ1n) is 23.6. The number of pyridine rings is 1. The van der Waals surface area contributed by atoms with E-state index in [2.05, 4.69) is 105 Å². The number of nitrogens with zero attached hydrogens (tertiary/aromatic N) is 9. The quantitative estimate of drug-likeness (QED) is 0.0996. The van der Waals surface area contributed by atoms with E-state index in [1.807, 2.05) is 35.4 Å². The third-order valence-electron chi connectivity index (χ3n) is 14.1. The second-order valence-corrected chi connectivity index (χ2v) is 19.1. The molecule has 2 aromatic carbocycles. The molecule has 1 aliphatic carbocycles. The number of nitrogens with one attached hydrogen (secondary N) is 2. The van der Waals surface area contributed by atoms with E-state index in [9.17, 15) is 14.4 Å². The van der Waals surface area contributed by atoms with E-state index in [4.69, 9.17) is 9.97 Å². The number of aldehydes is 1. The zero-order valence-electron chi connectivity index (χ0n) is 39.1. The molecule has 4 aromatic heterocycles. The van der Waals surface area contributed by atoms with Gasteiger partial charge >= 0.3 is 6.03 Å². The molecule has 344 valence electrons. The molecule has 14 nitrogen and oxygen atoms in total.